The average Bonchev–Trinajstić information content (AvgIpc) is 2.79. The Labute approximate surface area is 135 Å². The lowest BCUT2D eigenvalue weighted by Crippen LogP contribution is -2.17. The quantitative estimate of drug-likeness (QED) is 0.689. The van der Waals surface area contributed by atoms with Gasteiger partial charge in [-0.05, 0) is 29.8 Å². The summed E-state index contributed by atoms with van der Waals surface area (Å²) >= 11 is 0. The zero-order valence-corrected chi connectivity index (χ0v) is 13.6. The lowest BCUT2D eigenvalue weighted by atomic mass is 10.2. The van der Waals surface area contributed by atoms with Gasteiger partial charge in [0.15, 0.2) is 5.84 Å². The molecular formula is C16H16N4O2S. The number of amidine groups is 1. The van der Waals surface area contributed by atoms with E-state index in [0.717, 1.165) is 11.3 Å². The van der Waals surface area contributed by atoms with Gasteiger partial charge in [0.25, 0.3) is 10.0 Å². The molecule has 1 aliphatic rings. The first kappa shape index (κ1) is 15.2. The van der Waals surface area contributed by atoms with Crippen molar-refractivity contribution in [2.45, 2.75) is 4.90 Å². The Morgan fingerprint density at radius 1 is 1.09 bits per heavy atom. The van der Waals surface area contributed by atoms with Crippen molar-refractivity contribution in [2.75, 3.05) is 19.0 Å². The lowest BCUT2D eigenvalue weighted by Gasteiger charge is -2.11. The number of hydrazone groups is 1. The molecule has 3 rings (SSSR count). The number of hydrogen-bond acceptors (Lipinski definition) is 5. The average molecular weight is 328 g/mol. The second-order valence-electron chi connectivity index (χ2n) is 5.27. The molecule has 1 aliphatic heterocycles. The van der Waals surface area contributed by atoms with Crippen LogP contribution in [0.4, 0.5) is 5.69 Å². The number of rotatable bonds is 3. The molecule has 118 valence electrons. The molecule has 0 spiro atoms. The Balaban J connectivity index is 1.76. The molecule has 1 N–H and O–H groups in total. The molecule has 0 saturated carbocycles. The Morgan fingerprint density at radius 3 is 2.48 bits per heavy atom. The van der Waals surface area contributed by atoms with Gasteiger partial charge in [0.05, 0.1) is 6.21 Å². The molecule has 0 unspecified atom stereocenters. The molecule has 0 saturated heterocycles. The highest BCUT2D eigenvalue weighted by molar-refractivity contribution is 7.90. The summed E-state index contributed by atoms with van der Waals surface area (Å²) in [6.45, 7) is 0. The molecule has 1 heterocycles. The van der Waals surface area contributed by atoms with E-state index in [1.165, 1.54) is 6.07 Å². The van der Waals surface area contributed by atoms with Crippen LogP contribution in [-0.2, 0) is 10.0 Å². The van der Waals surface area contributed by atoms with Gasteiger partial charge in [0.1, 0.15) is 4.90 Å². The van der Waals surface area contributed by atoms with Crippen LogP contribution >= 0.6 is 0 Å². The molecule has 2 aromatic rings. The van der Waals surface area contributed by atoms with Crippen molar-refractivity contribution in [3.05, 3.63) is 59.7 Å². The summed E-state index contributed by atoms with van der Waals surface area (Å²) in [6, 6.07) is 14.5. The summed E-state index contributed by atoms with van der Waals surface area (Å²) in [5.74, 6) is 0.238. The first-order chi connectivity index (χ1) is 11.0. The van der Waals surface area contributed by atoms with Gasteiger partial charge in [-0.15, -0.1) is 4.40 Å². The van der Waals surface area contributed by atoms with Gasteiger partial charge >= 0.3 is 0 Å². The van der Waals surface area contributed by atoms with E-state index in [2.05, 4.69) is 14.9 Å². The highest BCUT2D eigenvalue weighted by Gasteiger charge is 2.28. The van der Waals surface area contributed by atoms with E-state index in [0.29, 0.717) is 5.56 Å². The third kappa shape index (κ3) is 3.09. The first-order valence-electron chi connectivity index (χ1n) is 6.98. The van der Waals surface area contributed by atoms with E-state index < -0.39 is 10.0 Å². The minimum atomic E-state index is -3.62. The number of hydrogen-bond donors (Lipinski definition) is 1. The van der Waals surface area contributed by atoms with Crippen molar-refractivity contribution < 1.29 is 8.42 Å². The molecule has 0 atom stereocenters. The Kier molecular flexibility index (Phi) is 3.87. The molecule has 23 heavy (non-hydrogen) atoms. The fourth-order valence-corrected chi connectivity index (χ4v) is 3.38. The van der Waals surface area contributed by atoms with E-state index in [4.69, 9.17) is 0 Å². The number of benzene rings is 2. The predicted molar refractivity (Wildman–Crippen MR) is 91.7 cm³/mol. The van der Waals surface area contributed by atoms with Crippen LogP contribution in [0.1, 0.15) is 11.1 Å². The molecule has 0 fully saturated rings. The van der Waals surface area contributed by atoms with Gasteiger partial charge in [-0.1, -0.05) is 24.3 Å². The standard InChI is InChI=1S/C16H16N4O2S/c1-20(2)13-9-7-12(8-10-13)11-17-18-16-14-5-3-4-6-15(14)23(21,22)19-16/h3-11H,1-2H3,(H,18,19)/b17-11-. The molecule has 0 bridgehead atoms. The Morgan fingerprint density at radius 2 is 1.78 bits per heavy atom. The maximum Gasteiger partial charge on any atom is 0.285 e. The first-order valence-corrected chi connectivity index (χ1v) is 8.42. The van der Waals surface area contributed by atoms with Crippen LogP contribution in [0.2, 0.25) is 0 Å². The van der Waals surface area contributed by atoms with Gasteiger partial charge in [-0.3, -0.25) is 5.43 Å². The molecule has 0 amide bonds. The monoisotopic (exact) mass is 328 g/mol. The minimum Gasteiger partial charge on any atom is -0.378 e. The molecule has 0 aromatic heterocycles. The number of anilines is 1. The molecule has 7 heteroatoms. The van der Waals surface area contributed by atoms with Crippen molar-refractivity contribution in [1.82, 2.24) is 5.43 Å². The summed E-state index contributed by atoms with van der Waals surface area (Å²) < 4.78 is 27.5. The maximum atomic E-state index is 11.9. The van der Waals surface area contributed by atoms with Crippen molar-refractivity contribution in [3.8, 4) is 0 Å². The van der Waals surface area contributed by atoms with Crippen LogP contribution in [0.15, 0.2) is 62.9 Å². The second-order valence-corrected chi connectivity index (χ2v) is 6.84. The van der Waals surface area contributed by atoms with Crippen LogP contribution < -0.4 is 10.3 Å². The number of nitrogens with one attached hydrogen (secondary N) is 1. The summed E-state index contributed by atoms with van der Waals surface area (Å²) in [5.41, 5.74) is 5.24. The molecular weight excluding hydrogens is 312 g/mol. The van der Waals surface area contributed by atoms with Crippen molar-refractivity contribution in [2.24, 2.45) is 9.50 Å². The number of nitrogens with zero attached hydrogens (tertiary/aromatic N) is 3. The SMILES string of the molecule is CN(C)c1ccc(/C=N\NC2=NS(=O)(=O)c3ccccc32)cc1. The molecule has 0 radical (unpaired) electrons. The predicted octanol–water partition coefficient (Wildman–Crippen LogP) is 1.83. The molecule has 0 aliphatic carbocycles. The zero-order chi connectivity index (χ0) is 16.4. The third-order valence-electron chi connectivity index (χ3n) is 3.43. The third-order valence-corrected chi connectivity index (χ3v) is 4.76. The molecule has 2 aromatic carbocycles. The van der Waals surface area contributed by atoms with Gasteiger partial charge in [0.2, 0.25) is 0 Å². The fraction of sp³-hybridized carbons (Fsp3) is 0.125. The van der Waals surface area contributed by atoms with E-state index in [1.54, 1.807) is 24.4 Å². The zero-order valence-electron chi connectivity index (χ0n) is 12.8. The summed E-state index contributed by atoms with van der Waals surface area (Å²) in [7, 11) is 0.327. The van der Waals surface area contributed by atoms with E-state index >= 15 is 0 Å². The summed E-state index contributed by atoms with van der Waals surface area (Å²) in [4.78, 5) is 2.21. The van der Waals surface area contributed by atoms with Crippen LogP contribution in [-0.4, -0.2) is 34.6 Å². The maximum absolute atomic E-state index is 11.9. The summed E-state index contributed by atoms with van der Waals surface area (Å²) in [5, 5.41) is 4.08. The van der Waals surface area contributed by atoms with Crippen LogP contribution in [0.3, 0.4) is 0 Å². The van der Waals surface area contributed by atoms with Gasteiger partial charge < -0.3 is 4.90 Å². The highest BCUT2D eigenvalue weighted by Crippen LogP contribution is 2.24. The largest absolute Gasteiger partial charge is 0.378 e. The van der Waals surface area contributed by atoms with Crippen molar-refractivity contribution >= 4 is 27.8 Å². The normalized spacial score (nSPS) is 15.3. The highest BCUT2D eigenvalue weighted by atomic mass is 32.2. The van der Waals surface area contributed by atoms with Crippen molar-refractivity contribution in [1.29, 1.82) is 0 Å². The topological polar surface area (TPSA) is 74.1 Å². The lowest BCUT2D eigenvalue weighted by molar-refractivity contribution is 0.599. The second kappa shape index (κ2) is 5.85. The fourth-order valence-electron chi connectivity index (χ4n) is 2.21. The smallest absolute Gasteiger partial charge is 0.285 e. The van der Waals surface area contributed by atoms with Crippen molar-refractivity contribution in [3.63, 3.8) is 0 Å². The van der Waals surface area contributed by atoms with E-state index in [-0.39, 0.29) is 10.7 Å². The van der Waals surface area contributed by atoms with E-state index in [1.807, 2.05) is 43.3 Å². The van der Waals surface area contributed by atoms with Crippen LogP contribution in [0.5, 0.6) is 0 Å². The Hall–Kier alpha value is -2.67. The van der Waals surface area contributed by atoms with Crippen LogP contribution in [0, 0.1) is 0 Å². The van der Waals surface area contributed by atoms with Gasteiger partial charge in [-0.25, -0.2) is 0 Å². The summed E-state index contributed by atoms with van der Waals surface area (Å²) in [6.07, 6.45) is 1.62. The van der Waals surface area contributed by atoms with E-state index in [9.17, 15) is 8.42 Å². The van der Waals surface area contributed by atoms with Gasteiger partial charge in [0, 0.05) is 25.3 Å². The van der Waals surface area contributed by atoms with Gasteiger partial charge in [-0.2, -0.15) is 13.5 Å². The van der Waals surface area contributed by atoms with Crippen LogP contribution in [0.25, 0.3) is 0 Å². The minimum absolute atomic E-state index is 0.202. The molecule has 6 nitrogen and oxygen atoms in total. The number of sulfonamides is 1. The number of fused-ring (bicyclic) bond motifs is 1. The Bertz CT molecular complexity index is 885.